The Morgan fingerprint density at radius 2 is 1.95 bits per heavy atom. The second-order valence-electron chi connectivity index (χ2n) is 4.06. The molecule has 0 heterocycles. The van der Waals surface area contributed by atoms with E-state index in [2.05, 4.69) is 26.6 Å². The minimum absolute atomic E-state index is 0.0167. The van der Waals surface area contributed by atoms with Crippen molar-refractivity contribution < 1.29 is 9.00 Å². The first kappa shape index (κ1) is 16.3. The van der Waals surface area contributed by atoms with E-state index in [0.717, 1.165) is 15.9 Å². The first-order chi connectivity index (χ1) is 9.13. The van der Waals surface area contributed by atoms with E-state index in [4.69, 9.17) is 0 Å². The van der Waals surface area contributed by atoms with Crippen molar-refractivity contribution in [2.45, 2.75) is 17.7 Å². The Balaban J connectivity index is 2.23. The van der Waals surface area contributed by atoms with Crippen LogP contribution in [0.2, 0.25) is 0 Å². The van der Waals surface area contributed by atoms with Crippen LogP contribution in [0.25, 0.3) is 0 Å². The van der Waals surface area contributed by atoms with Gasteiger partial charge in [0, 0.05) is 34.6 Å². The Bertz CT molecular complexity index is 423. The van der Waals surface area contributed by atoms with Gasteiger partial charge < -0.3 is 10.6 Å². The van der Waals surface area contributed by atoms with E-state index in [-0.39, 0.29) is 5.91 Å². The number of nitrogens with one attached hydrogen (secondary N) is 2. The van der Waals surface area contributed by atoms with E-state index in [9.17, 15) is 9.00 Å². The molecule has 19 heavy (non-hydrogen) atoms. The fourth-order valence-corrected chi connectivity index (χ4v) is 2.83. The second-order valence-corrected chi connectivity index (χ2v) is 6.55. The van der Waals surface area contributed by atoms with Gasteiger partial charge >= 0.3 is 0 Å². The van der Waals surface area contributed by atoms with E-state index in [1.54, 1.807) is 0 Å². The summed E-state index contributed by atoms with van der Waals surface area (Å²) >= 11 is 3.34. The molecule has 0 bridgehead atoms. The van der Waals surface area contributed by atoms with Crippen molar-refractivity contribution in [3.63, 3.8) is 0 Å². The van der Waals surface area contributed by atoms with E-state index < -0.39 is 10.8 Å². The molecule has 0 saturated heterocycles. The van der Waals surface area contributed by atoms with Gasteiger partial charge in [-0.15, -0.1) is 0 Å². The number of likely N-dealkylation sites (N-methyl/N-ethyl adjacent to an activating group) is 1. The quantitative estimate of drug-likeness (QED) is 0.704. The summed E-state index contributed by atoms with van der Waals surface area (Å²) in [7, 11) is 0.812. The molecule has 0 aliphatic heterocycles. The molecule has 4 nitrogen and oxygen atoms in total. The van der Waals surface area contributed by atoms with Crippen LogP contribution >= 0.6 is 15.9 Å². The molecule has 1 atom stereocenters. The van der Waals surface area contributed by atoms with Crippen molar-refractivity contribution in [3.8, 4) is 0 Å². The summed E-state index contributed by atoms with van der Waals surface area (Å²) in [6, 6.07) is 7.43. The lowest BCUT2D eigenvalue weighted by Gasteiger charge is -2.05. The summed E-state index contributed by atoms with van der Waals surface area (Å²) in [5.41, 5.74) is 0. The molecule has 1 amide bonds. The third kappa shape index (κ3) is 6.84. The highest BCUT2D eigenvalue weighted by atomic mass is 79.9. The Kier molecular flexibility index (Phi) is 7.93. The number of carbonyl (C=O) groups excluding carboxylic acids is 1. The molecular formula is C13H19BrN2O2S. The Hall–Kier alpha value is -0.720. The van der Waals surface area contributed by atoms with Crippen LogP contribution in [0.3, 0.4) is 0 Å². The van der Waals surface area contributed by atoms with Crippen molar-refractivity contribution >= 4 is 32.6 Å². The summed E-state index contributed by atoms with van der Waals surface area (Å²) < 4.78 is 12.9. The maximum absolute atomic E-state index is 12.0. The number of carbonyl (C=O) groups is 1. The molecule has 1 aromatic carbocycles. The minimum Gasteiger partial charge on any atom is -0.355 e. The van der Waals surface area contributed by atoms with Crippen molar-refractivity contribution in [1.29, 1.82) is 0 Å². The third-order valence-electron chi connectivity index (χ3n) is 2.51. The molecule has 1 aromatic rings. The van der Waals surface area contributed by atoms with Crippen molar-refractivity contribution in [2.75, 3.05) is 25.9 Å². The van der Waals surface area contributed by atoms with E-state index in [0.29, 0.717) is 25.1 Å². The van der Waals surface area contributed by atoms with E-state index >= 15 is 0 Å². The van der Waals surface area contributed by atoms with Gasteiger partial charge in [0.25, 0.3) is 0 Å². The highest BCUT2D eigenvalue weighted by molar-refractivity contribution is 9.10. The van der Waals surface area contributed by atoms with Crippen molar-refractivity contribution in [3.05, 3.63) is 28.7 Å². The molecule has 1 unspecified atom stereocenters. The second kappa shape index (κ2) is 9.23. The predicted molar refractivity (Wildman–Crippen MR) is 81.6 cm³/mol. The number of hydrogen-bond acceptors (Lipinski definition) is 3. The van der Waals surface area contributed by atoms with Gasteiger partial charge in [-0.1, -0.05) is 15.9 Å². The van der Waals surface area contributed by atoms with Gasteiger partial charge in [0.15, 0.2) is 0 Å². The van der Waals surface area contributed by atoms with Gasteiger partial charge in [-0.05, 0) is 37.7 Å². The zero-order valence-electron chi connectivity index (χ0n) is 10.9. The van der Waals surface area contributed by atoms with Crippen molar-refractivity contribution in [2.24, 2.45) is 0 Å². The summed E-state index contributed by atoms with van der Waals surface area (Å²) in [5, 5.41) is 5.75. The zero-order chi connectivity index (χ0) is 14.1. The first-order valence-corrected chi connectivity index (χ1v) is 8.30. The SMILES string of the molecule is CNCCNC(=O)CCCS(=O)c1ccc(Br)cc1. The lowest BCUT2D eigenvalue weighted by molar-refractivity contribution is -0.121. The van der Waals surface area contributed by atoms with Crippen LogP contribution in [-0.2, 0) is 15.6 Å². The van der Waals surface area contributed by atoms with Crippen LogP contribution in [0.5, 0.6) is 0 Å². The molecule has 106 valence electrons. The predicted octanol–water partition coefficient (Wildman–Crippen LogP) is 1.67. The van der Waals surface area contributed by atoms with Crippen LogP contribution in [0, 0.1) is 0 Å². The zero-order valence-corrected chi connectivity index (χ0v) is 13.4. The van der Waals surface area contributed by atoms with Gasteiger partial charge in [-0.3, -0.25) is 9.00 Å². The minimum atomic E-state index is -1.03. The van der Waals surface area contributed by atoms with Gasteiger partial charge in [0.2, 0.25) is 5.91 Å². The lowest BCUT2D eigenvalue weighted by Crippen LogP contribution is -2.30. The molecule has 0 aromatic heterocycles. The number of hydrogen-bond donors (Lipinski definition) is 2. The fraction of sp³-hybridized carbons (Fsp3) is 0.462. The summed E-state index contributed by atoms with van der Waals surface area (Å²) in [4.78, 5) is 12.2. The number of benzene rings is 1. The van der Waals surface area contributed by atoms with Crippen molar-refractivity contribution in [1.82, 2.24) is 10.6 Å². The van der Waals surface area contributed by atoms with Crippen LogP contribution in [-0.4, -0.2) is 36.0 Å². The van der Waals surface area contributed by atoms with Gasteiger partial charge in [-0.2, -0.15) is 0 Å². The topological polar surface area (TPSA) is 58.2 Å². The summed E-state index contributed by atoms with van der Waals surface area (Å²) in [6.07, 6.45) is 1.06. The monoisotopic (exact) mass is 346 g/mol. The number of rotatable bonds is 8. The molecule has 0 radical (unpaired) electrons. The molecule has 2 N–H and O–H groups in total. The Morgan fingerprint density at radius 1 is 1.26 bits per heavy atom. The van der Waals surface area contributed by atoms with E-state index in [1.807, 2.05) is 31.3 Å². The van der Waals surface area contributed by atoms with Crippen LogP contribution in [0.15, 0.2) is 33.6 Å². The maximum atomic E-state index is 12.0. The van der Waals surface area contributed by atoms with Gasteiger partial charge in [0.05, 0.1) is 10.8 Å². The summed E-state index contributed by atoms with van der Waals surface area (Å²) in [6.45, 7) is 1.39. The Labute approximate surface area is 124 Å². The highest BCUT2D eigenvalue weighted by Crippen LogP contribution is 2.14. The molecule has 6 heteroatoms. The molecule has 0 fully saturated rings. The summed E-state index contributed by atoms with van der Waals surface area (Å²) in [5.74, 6) is 0.532. The van der Waals surface area contributed by atoms with E-state index in [1.165, 1.54) is 0 Å². The lowest BCUT2D eigenvalue weighted by atomic mass is 10.3. The average Bonchev–Trinajstić information content (AvgIpc) is 2.39. The molecule has 0 aliphatic rings. The molecular weight excluding hydrogens is 328 g/mol. The van der Waals surface area contributed by atoms with Gasteiger partial charge in [-0.25, -0.2) is 0 Å². The highest BCUT2D eigenvalue weighted by Gasteiger charge is 2.06. The van der Waals surface area contributed by atoms with Crippen LogP contribution < -0.4 is 10.6 Å². The maximum Gasteiger partial charge on any atom is 0.220 e. The standard InChI is InChI=1S/C13H19BrN2O2S/c1-15-8-9-16-13(17)3-2-10-19(18)12-6-4-11(14)5-7-12/h4-7,15H,2-3,8-10H2,1H3,(H,16,17). The molecule has 0 saturated carbocycles. The Morgan fingerprint density at radius 3 is 2.58 bits per heavy atom. The molecule has 1 rings (SSSR count). The largest absolute Gasteiger partial charge is 0.355 e. The average molecular weight is 347 g/mol. The van der Waals surface area contributed by atoms with Gasteiger partial charge in [0.1, 0.15) is 0 Å². The molecule has 0 spiro atoms. The third-order valence-corrected chi connectivity index (χ3v) is 4.49. The number of amides is 1. The fourth-order valence-electron chi connectivity index (χ4n) is 1.48. The van der Waals surface area contributed by atoms with Crippen LogP contribution in [0.1, 0.15) is 12.8 Å². The number of halogens is 1. The first-order valence-electron chi connectivity index (χ1n) is 6.18. The molecule has 0 aliphatic carbocycles. The van der Waals surface area contributed by atoms with Crippen LogP contribution in [0.4, 0.5) is 0 Å². The normalized spacial score (nSPS) is 12.1. The smallest absolute Gasteiger partial charge is 0.220 e.